The maximum Gasteiger partial charge on any atom is 0.255 e. The minimum atomic E-state index is -0.581. The first-order chi connectivity index (χ1) is 19.3. The number of amides is 1. The number of para-hydroxylation sites is 2. The summed E-state index contributed by atoms with van der Waals surface area (Å²) in [5.74, 6) is 2.99. The second kappa shape index (κ2) is 13.5. The van der Waals surface area contributed by atoms with Gasteiger partial charge in [0.1, 0.15) is 11.8 Å². The summed E-state index contributed by atoms with van der Waals surface area (Å²) in [6.07, 6.45) is 0.951. The molecule has 40 heavy (non-hydrogen) atoms. The van der Waals surface area contributed by atoms with Crippen molar-refractivity contribution < 1.29 is 19.0 Å². The molecule has 4 rings (SSSR count). The van der Waals surface area contributed by atoms with E-state index in [-0.39, 0.29) is 12.0 Å². The van der Waals surface area contributed by atoms with Gasteiger partial charge < -0.3 is 24.8 Å². The molecule has 2 N–H and O–H groups in total. The van der Waals surface area contributed by atoms with Crippen LogP contribution in [0.15, 0.2) is 57.3 Å². The van der Waals surface area contributed by atoms with Crippen LogP contribution in [0.3, 0.4) is 0 Å². The van der Waals surface area contributed by atoms with Gasteiger partial charge in [-0.3, -0.25) is 4.79 Å². The summed E-state index contributed by atoms with van der Waals surface area (Å²) in [4.78, 5) is 18.7. The third kappa shape index (κ3) is 6.58. The third-order valence-electron chi connectivity index (χ3n) is 5.95. The Morgan fingerprint density at radius 2 is 1.88 bits per heavy atom. The summed E-state index contributed by atoms with van der Waals surface area (Å²) in [6, 6.07) is 10.7. The Morgan fingerprint density at radius 3 is 2.58 bits per heavy atom. The number of nitrogens with one attached hydrogen (secondary N) is 2. The number of hydrogen-bond acceptors (Lipinski definition) is 8. The molecule has 1 aliphatic heterocycles. The topological polar surface area (TPSA) is 99.5 Å². The number of carbonyl (C=O) groups is 1. The van der Waals surface area contributed by atoms with Gasteiger partial charge in [0.05, 0.1) is 35.1 Å². The van der Waals surface area contributed by atoms with Gasteiger partial charge in [0.15, 0.2) is 11.5 Å². The van der Waals surface area contributed by atoms with Crippen molar-refractivity contribution in [3.63, 3.8) is 0 Å². The van der Waals surface area contributed by atoms with E-state index in [0.717, 1.165) is 22.2 Å². The van der Waals surface area contributed by atoms with E-state index in [1.807, 2.05) is 71.0 Å². The molecule has 214 valence electrons. The van der Waals surface area contributed by atoms with Crippen molar-refractivity contribution in [3.05, 3.63) is 57.7 Å². The molecule has 0 saturated carbocycles. The van der Waals surface area contributed by atoms with Crippen LogP contribution >= 0.6 is 27.7 Å². The molecule has 0 spiro atoms. The third-order valence-corrected chi connectivity index (χ3v) is 7.58. The summed E-state index contributed by atoms with van der Waals surface area (Å²) in [6.45, 7) is 12.7. The predicted molar refractivity (Wildman–Crippen MR) is 163 cm³/mol. The SMILES string of the molecule is CCCSc1nc2n(n1)C(c1cc(Br)c(OC(C)C)c(OCC)c1)C(C(=O)Nc1ccccc1OCC)=C(C)N2. The summed E-state index contributed by atoms with van der Waals surface area (Å²) in [7, 11) is 0. The van der Waals surface area contributed by atoms with Crippen LogP contribution in [0.2, 0.25) is 0 Å². The van der Waals surface area contributed by atoms with Crippen molar-refractivity contribution in [2.45, 2.75) is 65.3 Å². The monoisotopic (exact) mass is 629 g/mol. The number of rotatable bonds is 12. The molecule has 9 nitrogen and oxygen atoms in total. The number of anilines is 2. The molecule has 2 heterocycles. The van der Waals surface area contributed by atoms with Gasteiger partial charge in [-0.05, 0) is 86.8 Å². The van der Waals surface area contributed by atoms with Crippen LogP contribution in [0, 0.1) is 0 Å². The maximum absolute atomic E-state index is 14.0. The summed E-state index contributed by atoms with van der Waals surface area (Å²) < 4.78 is 20.3. The van der Waals surface area contributed by atoms with Crippen molar-refractivity contribution >= 4 is 45.2 Å². The van der Waals surface area contributed by atoms with Crippen molar-refractivity contribution in [2.24, 2.45) is 0 Å². The molecular formula is C29H36BrN5O4S. The number of fused-ring (bicyclic) bond motifs is 1. The van der Waals surface area contributed by atoms with E-state index in [1.165, 1.54) is 0 Å². The number of carbonyl (C=O) groups excluding carboxylic acids is 1. The van der Waals surface area contributed by atoms with Crippen molar-refractivity contribution in [2.75, 3.05) is 29.6 Å². The molecular weight excluding hydrogens is 594 g/mol. The summed E-state index contributed by atoms with van der Waals surface area (Å²) in [5.41, 5.74) is 2.57. The zero-order chi connectivity index (χ0) is 28.8. The Kier molecular flexibility index (Phi) is 10.0. The first kappa shape index (κ1) is 29.8. The lowest BCUT2D eigenvalue weighted by Gasteiger charge is -2.29. The molecule has 11 heteroatoms. The highest BCUT2D eigenvalue weighted by molar-refractivity contribution is 9.10. The summed E-state index contributed by atoms with van der Waals surface area (Å²) in [5, 5.41) is 11.8. The predicted octanol–water partition coefficient (Wildman–Crippen LogP) is 7.05. The average molecular weight is 631 g/mol. The Labute approximate surface area is 248 Å². The van der Waals surface area contributed by atoms with Gasteiger partial charge in [-0.15, -0.1) is 5.10 Å². The van der Waals surface area contributed by atoms with Crippen LogP contribution in [0.4, 0.5) is 11.6 Å². The Balaban J connectivity index is 1.84. The molecule has 1 aromatic heterocycles. The van der Waals surface area contributed by atoms with Crippen LogP contribution < -0.4 is 24.8 Å². The Bertz CT molecular complexity index is 1390. The highest BCUT2D eigenvalue weighted by atomic mass is 79.9. The number of hydrogen-bond donors (Lipinski definition) is 2. The van der Waals surface area contributed by atoms with E-state index in [2.05, 4.69) is 33.5 Å². The lowest BCUT2D eigenvalue weighted by atomic mass is 9.94. The summed E-state index contributed by atoms with van der Waals surface area (Å²) >= 11 is 5.28. The average Bonchev–Trinajstić information content (AvgIpc) is 3.31. The minimum Gasteiger partial charge on any atom is -0.492 e. The molecule has 1 aliphatic rings. The van der Waals surface area contributed by atoms with Gasteiger partial charge in [0.2, 0.25) is 11.1 Å². The smallest absolute Gasteiger partial charge is 0.255 e. The fourth-order valence-corrected chi connectivity index (χ4v) is 5.62. The van der Waals surface area contributed by atoms with Crippen LogP contribution in [0.5, 0.6) is 17.2 Å². The van der Waals surface area contributed by atoms with E-state index in [0.29, 0.717) is 58.5 Å². The highest BCUT2D eigenvalue weighted by Gasteiger charge is 2.36. The minimum absolute atomic E-state index is 0.0470. The molecule has 1 unspecified atom stereocenters. The van der Waals surface area contributed by atoms with Crippen LogP contribution in [-0.2, 0) is 4.79 Å². The molecule has 1 atom stereocenters. The molecule has 0 saturated heterocycles. The van der Waals surface area contributed by atoms with Gasteiger partial charge in [-0.25, -0.2) is 4.68 Å². The number of allylic oxidation sites excluding steroid dienone is 1. The zero-order valence-electron chi connectivity index (χ0n) is 23.7. The largest absolute Gasteiger partial charge is 0.492 e. The second-order valence-corrected chi connectivity index (χ2v) is 11.3. The number of aromatic nitrogens is 3. The lowest BCUT2D eigenvalue weighted by Crippen LogP contribution is -2.31. The van der Waals surface area contributed by atoms with Gasteiger partial charge >= 0.3 is 0 Å². The number of halogens is 1. The van der Waals surface area contributed by atoms with Crippen molar-refractivity contribution in [1.29, 1.82) is 0 Å². The molecule has 2 aromatic carbocycles. The number of nitrogens with zero attached hydrogens (tertiary/aromatic N) is 3. The number of thioether (sulfide) groups is 1. The Morgan fingerprint density at radius 1 is 1.15 bits per heavy atom. The maximum atomic E-state index is 14.0. The quantitative estimate of drug-likeness (QED) is 0.206. The van der Waals surface area contributed by atoms with Gasteiger partial charge in [0, 0.05) is 11.4 Å². The number of ether oxygens (including phenoxy) is 3. The van der Waals surface area contributed by atoms with Crippen molar-refractivity contribution in [1.82, 2.24) is 14.8 Å². The second-order valence-electron chi connectivity index (χ2n) is 9.39. The highest BCUT2D eigenvalue weighted by Crippen LogP contribution is 2.44. The van der Waals surface area contributed by atoms with Crippen LogP contribution in [-0.4, -0.2) is 45.7 Å². The first-order valence-corrected chi connectivity index (χ1v) is 15.3. The normalized spacial score (nSPS) is 14.6. The van der Waals surface area contributed by atoms with Crippen LogP contribution in [0.1, 0.15) is 59.6 Å². The first-order valence-electron chi connectivity index (χ1n) is 13.5. The molecule has 0 aliphatic carbocycles. The van der Waals surface area contributed by atoms with Gasteiger partial charge in [-0.2, -0.15) is 4.98 Å². The Hall–Kier alpha value is -3.18. The van der Waals surface area contributed by atoms with E-state index < -0.39 is 6.04 Å². The van der Waals surface area contributed by atoms with E-state index in [4.69, 9.17) is 24.3 Å². The standard InChI is InChI=1S/C29H36BrN5O4S/c1-7-14-40-29-33-28-31-18(6)24(27(36)32-21-12-10-11-13-22(21)37-8-2)25(35(28)34-29)19-15-20(30)26(39-17(4)5)23(16-19)38-9-3/h10-13,15-17,25H,7-9,14H2,1-6H3,(H,32,36)(H,31,33,34). The molecule has 0 bridgehead atoms. The van der Waals surface area contributed by atoms with Gasteiger partial charge in [0.25, 0.3) is 5.91 Å². The lowest BCUT2D eigenvalue weighted by molar-refractivity contribution is -0.113. The molecule has 0 radical (unpaired) electrons. The van der Waals surface area contributed by atoms with Crippen LogP contribution in [0.25, 0.3) is 0 Å². The molecule has 0 fully saturated rings. The molecule has 1 amide bonds. The molecule has 3 aromatic rings. The number of benzene rings is 2. The fourth-order valence-electron chi connectivity index (χ4n) is 4.39. The van der Waals surface area contributed by atoms with E-state index in [1.54, 1.807) is 16.4 Å². The van der Waals surface area contributed by atoms with Crippen molar-refractivity contribution in [3.8, 4) is 17.2 Å². The van der Waals surface area contributed by atoms with E-state index in [9.17, 15) is 4.79 Å². The zero-order valence-corrected chi connectivity index (χ0v) is 26.1. The van der Waals surface area contributed by atoms with E-state index >= 15 is 0 Å². The van der Waals surface area contributed by atoms with Gasteiger partial charge in [-0.1, -0.05) is 30.8 Å². The fraction of sp³-hybridized carbons (Fsp3) is 0.414.